The molecule has 1 heterocycles. The van der Waals surface area contributed by atoms with Crippen molar-refractivity contribution < 1.29 is 0 Å². The molecule has 1 fully saturated rings. The zero-order valence-corrected chi connectivity index (χ0v) is 12.7. The fourth-order valence-corrected chi connectivity index (χ4v) is 2.96. The molecule has 3 nitrogen and oxygen atoms in total. The lowest BCUT2D eigenvalue weighted by atomic mass is 9.99. The van der Waals surface area contributed by atoms with Crippen LogP contribution in [0.5, 0.6) is 0 Å². The van der Waals surface area contributed by atoms with E-state index in [1.807, 2.05) is 0 Å². The molecule has 0 aromatic heterocycles. The summed E-state index contributed by atoms with van der Waals surface area (Å²) < 4.78 is 0. The van der Waals surface area contributed by atoms with E-state index < -0.39 is 0 Å². The van der Waals surface area contributed by atoms with Crippen LogP contribution in [0.25, 0.3) is 0 Å². The van der Waals surface area contributed by atoms with Gasteiger partial charge < -0.3 is 10.6 Å². The molecule has 19 heavy (non-hydrogen) atoms. The number of nitrogens with two attached hydrogens (primary N) is 1. The highest BCUT2D eigenvalue weighted by atomic mass is 15.3. The third-order valence-electron chi connectivity index (χ3n) is 4.51. The number of aryl methyl sites for hydroxylation is 2. The zero-order chi connectivity index (χ0) is 14.0. The Balaban J connectivity index is 2.17. The summed E-state index contributed by atoms with van der Waals surface area (Å²) in [4.78, 5) is 4.94. The Kier molecular flexibility index (Phi) is 4.61. The summed E-state index contributed by atoms with van der Waals surface area (Å²) >= 11 is 0. The number of nitrogens with zero attached hydrogens (tertiary/aromatic N) is 2. The molecule has 2 N–H and O–H groups in total. The molecule has 0 amide bonds. The summed E-state index contributed by atoms with van der Waals surface area (Å²) in [5.41, 5.74) is 10.1. The van der Waals surface area contributed by atoms with E-state index in [0.29, 0.717) is 12.1 Å². The Bertz CT molecular complexity index is 430. The van der Waals surface area contributed by atoms with Gasteiger partial charge in [-0.3, -0.25) is 4.90 Å². The van der Waals surface area contributed by atoms with Crippen molar-refractivity contribution in [3.8, 4) is 0 Å². The van der Waals surface area contributed by atoms with Gasteiger partial charge in [-0.2, -0.15) is 0 Å². The molecule has 0 spiro atoms. The number of likely N-dealkylation sites (N-methyl/N-ethyl adjacent to an activating group) is 1. The van der Waals surface area contributed by atoms with Gasteiger partial charge in [-0.15, -0.1) is 0 Å². The third kappa shape index (κ3) is 3.16. The van der Waals surface area contributed by atoms with Gasteiger partial charge in [-0.25, -0.2) is 0 Å². The standard InChI is InChI=1S/C16H27N3/c1-12-5-6-15(9-13(12)2)14(3)19-8-7-18(4)11-16(19)10-17/h5-6,9,14,16H,7-8,10-11,17H2,1-4H3. The van der Waals surface area contributed by atoms with E-state index in [1.54, 1.807) is 0 Å². The SMILES string of the molecule is Cc1ccc(C(C)N2CCN(C)CC2CN)cc1C. The molecule has 2 atom stereocenters. The molecule has 1 aromatic rings. The van der Waals surface area contributed by atoms with Crippen LogP contribution in [0.4, 0.5) is 0 Å². The summed E-state index contributed by atoms with van der Waals surface area (Å²) in [6, 6.07) is 7.73. The van der Waals surface area contributed by atoms with Crippen molar-refractivity contribution in [3.63, 3.8) is 0 Å². The van der Waals surface area contributed by atoms with Gasteiger partial charge in [-0.1, -0.05) is 18.2 Å². The fraction of sp³-hybridized carbons (Fsp3) is 0.625. The molecule has 1 aliphatic rings. The van der Waals surface area contributed by atoms with Crippen LogP contribution < -0.4 is 5.73 Å². The molecule has 0 radical (unpaired) electrons. The summed E-state index contributed by atoms with van der Waals surface area (Å²) in [5.74, 6) is 0. The minimum Gasteiger partial charge on any atom is -0.329 e. The van der Waals surface area contributed by atoms with E-state index in [1.165, 1.54) is 16.7 Å². The van der Waals surface area contributed by atoms with Crippen molar-refractivity contribution >= 4 is 0 Å². The Labute approximate surface area is 117 Å². The molecule has 3 heteroatoms. The zero-order valence-electron chi connectivity index (χ0n) is 12.7. The molecule has 1 saturated heterocycles. The number of hydrogen-bond donors (Lipinski definition) is 1. The second kappa shape index (κ2) is 6.04. The first-order valence-electron chi connectivity index (χ1n) is 7.24. The quantitative estimate of drug-likeness (QED) is 0.902. The second-order valence-electron chi connectivity index (χ2n) is 5.91. The molecule has 1 aromatic carbocycles. The Hall–Kier alpha value is -0.900. The fourth-order valence-electron chi connectivity index (χ4n) is 2.96. The van der Waals surface area contributed by atoms with Crippen LogP contribution in [0, 0.1) is 13.8 Å². The lowest BCUT2D eigenvalue weighted by Crippen LogP contribution is -2.55. The average molecular weight is 261 g/mol. The molecule has 1 aliphatic heterocycles. The van der Waals surface area contributed by atoms with E-state index in [2.05, 4.69) is 55.8 Å². The number of benzene rings is 1. The minimum atomic E-state index is 0.446. The van der Waals surface area contributed by atoms with Gasteiger partial charge in [0, 0.05) is 38.3 Å². The first kappa shape index (κ1) is 14.5. The topological polar surface area (TPSA) is 32.5 Å². The number of rotatable bonds is 3. The van der Waals surface area contributed by atoms with Crippen molar-refractivity contribution in [2.24, 2.45) is 5.73 Å². The molecule has 106 valence electrons. The normalized spacial score (nSPS) is 23.5. The third-order valence-corrected chi connectivity index (χ3v) is 4.51. The Morgan fingerprint density at radius 1 is 1.26 bits per heavy atom. The van der Waals surface area contributed by atoms with E-state index in [-0.39, 0.29) is 0 Å². The molecular formula is C16H27N3. The van der Waals surface area contributed by atoms with E-state index >= 15 is 0 Å². The molecule has 0 bridgehead atoms. The lowest BCUT2D eigenvalue weighted by molar-refractivity contribution is 0.0621. The van der Waals surface area contributed by atoms with Crippen molar-refractivity contribution in [2.75, 3.05) is 33.2 Å². The highest BCUT2D eigenvalue weighted by Crippen LogP contribution is 2.25. The number of piperazine rings is 1. The Morgan fingerprint density at radius 2 is 2.00 bits per heavy atom. The summed E-state index contributed by atoms with van der Waals surface area (Å²) in [7, 11) is 2.18. The highest BCUT2D eigenvalue weighted by molar-refractivity contribution is 5.31. The molecular weight excluding hydrogens is 234 g/mol. The first-order chi connectivity index (χ1) is 9.02. The maximum Gasteiger partial charge on any atom is 0.0352 e. The lowest BCUT2D eigenvalue weighted by Gasteiger charge is -2.43. The summed E-state index contributed by atoms with van der Waals surface area (Å²) in [6.07, 6.45) is 0. The predicted molar refractivity (Wildman–Crippen MR) is 81.4 cm³/mol. The van der Waals surface area contributed by atoms with Crippen LogP contribution in [0.3, 0.4) is 0 Å². The van der Waals surface area contributed by atoms with Gasteiger partial charge in [0.25, 0.3) is 0 Å². The largest absolute Gasteiger partial charge is 0.329 e. The van der Waals surface area contributed by atoms with Crippen LogP contribution in [0.2, 0.25) is 0 Å². The molecule has 2 rings (SSSR count). The second-order valence-corrected chi connectivity index (χ2v) is 5.91. The first-order valence-corrected chi connectivity index (χ1v) is 7.24. The van der Waals surface area contributed by atoms with Crippen molar-refractivity contribution in [2.45, 2.75) is 32.9 Å². The van der Waals surface area contributed by atoms with Crippen LogP contribution in [-0.2, 0) is 0 Å². The van der Waals surface area contributed by atoms with Gasteiger partial charge >= 0.3 is 0 Å². The smallest absolute Gasteiger partial charge is 0.0352 e. The van der Waals surface area contributed by atoms with Crippen LogP contribution in [-0.4, -0.2) is 49.1 Å². The number of hydrogen-bond acceptors (Lipinski definition) is 3. The van der Waals surface area contributed by atoms with E-state index in [9.17, 15) is 0 Å². The van der Waals surface area contributed by atoms with Crippen LogP contribution >= 0.6 is 0 Å². The average Bonchev–Trinajstić information content (AvgIpc) is 2.41. The van der Waals surface area contributed by atoms with Gasteiger partial charge in [-0.05, 0) is 44.5 Å². The monoisotopic (exact) mass is 261 g/mol. The summed E-state index contributed by atoms with van der Waals surface area (Å²) in [5, 5.41) is 0. The minimum absolute atomic E-state index is 0.446. The van der Waals surface area contributed by atoms with E-state index in [0.717, 1.165) is 26.2 Å². The maximum atomic E-state index is 5.96. The van der Waals surface area contributed by atoms with Crippen molar-refractivity contribution in [3.05, 3.63) is 34.9 Å². The van der Waals surface area contributed by atoms with Gasteiger partial charge in [0.15, 0.2) is 0 Å². The molecule has 0 saturated carbocycles. The van der Waals surface area contributed by atoms with E-state index in [4.69, 9.17) is 5.73 Å². The molecule has 0 aliphatic carbocycles. The van der Waals surface area contributed by atoms with Crippen molar-refractivity contribution in [1.29, 1.82) is 0 Å². The highest BCUT2D eigenvalue weighted by Gasteiger charge is 2.28. The van der Waals surface area contributed by atoms with Gasteiger partial charge in [0.2, 0.25) is 0 Å². The maximum absolute atomic E-state index is 5.96. The summed E-state index contributed by atoms with van der Waals surface area (Å²) in [6.45, 7) is 10.7. The van der Waals surface area contributed by atoms with Crippen LogP contribution in [0.15, 0.2) is 18.2 Å². The van der Waals surface area contributed by atoms with Crippen molar-refractivity contribution in [1.82, 2.24) is 9.80 Å². The van der Waals surface area contributed by atoms with Gasteiger partial charge in [0.1, 0.15) is 0 Å². The predicted octanol–water partition coefficient (Wildman–Crippen LogP) is 1.94. The molecule has 2 unspecified atom stereocenters. The van der Waals surface area contributed by atoms with Gasteiger partial charge in [0.05, 0.1) is 0 Å². The Morgan fingerprint density at radius 3 is 2.63 bits per heavy atom. The van der Waals surface area contributed by atoms with Crippen LogP contribution in [0.1, 0.15) is 29.7 Å².